The molecule has 11 nitrogen and oxygen atoms in total. The zero-order chi connectivity index (χ0) is 51.1. The molecule has 9 unspecified atom stereocenters. The van der Waals surface area contributed by atoms with E-state index in [0.29, 0.717) is 19.3 Å². The Balaban J connectivity index is 2.20. The Morgan fingerprint density at radius 3 is 1.06 bits per heavy atom. The monoisotopic (exact) mass is 1000 g/mol. The van der Waals surface area contributed by atoms with E-state index in [9.17, 15) is 40.5 Å². The van der Waals surface area contributed by atoms with Gasteiger partial charge in [-0.05, 0) is 12.8 Å². The van der Waals surface area contributed by atoms with E-state index in [-0.39, 0.29) is 6.42 Å². The molecule has 1 amide bonds. The maximum Gasteiger partial charge on any atom is 0.249 e. The molecule has 0 aromatic heterocycles. The van der Waals surface area contributed by atoms with Crippen molar-refractivity contribution in [3.63, 3.8) is 0 Å². The highest BCUT2D eigenvalue weighted by molar-refractivity contribution is 5.80. The van der Waals surface area contributed by atoms with Crippen LogP contribution in [0.2, 0.25) is 0 Å². The van der Waals surface area contributed by atoms with E-state index in [4.69, 9.17) is 9.47 Å². The Labute approximate surface area is 430 Å². The molecule has 0 aromatic carbocycles. The number of unbranched alkanes of at least 4 members (excludes halogenated alkanes) is 41. The van der Waals surface area contributed by atoms with Crippen LogP contribution in [0.25, 0.3) is 0 Å². The standard InChI is InChI=1S/C59H117NO10/c1-3-5-7-9-11-13-15-17-19-20-21-22-23-24-25-26-27-28-29-30-31-32-33-35-37-39-41-43-45-47-52(63)58(68)60-50(49-69-59-57(67)56(66)55(65)53(48-61)70-59)54(64)51(62)46-44-42-40-38-36-34-18-16-14-12-10-8-6-4-2/h50-57,59,61-67H,3-49H2,1-2H3,(H,60,68). The molecule has 0 aromatic rings. The van der Waals surface area contributed by atoms with E-state index in [0.717, 1.165) is 38.5 Å². The fraction of sp³-hybridized carbons (Fsp3) is 0.983. The van der Waals surface area contributed by atoms with Crippen LogP contribution in [0, 0.1) is 0 Å². The number of carbonyl (C=O) groups excluding carboxylic acids is 1. The number of hydrogen-bond acceptors (Lipinski definition) is 10. The molecule has 418 valence electrons. The average Bonchev–Trinajstić information content (AvgIpc) is 3.36. The van der Waals surface area contributed by atoms with Gasteiger partial charge in [0.25, 0.3) is 0 Å². The van der Waals surface area contributed by atoms with Crippen molar-refractivity contribution in [1.82, 2.24) is 5.32 Å². The Morgan fingerprint density at radius 2 is 0.743 bits per heavy atom. The van der Waals surface area contributed by atoms with Gasteiger partial charge in [-0.15, -0.1) is 0 Å². The van der Waals surface area contributed by atoms with E-state index >= 15 is 0 Å². The minimum absolute atomic E-state index is 0.267. The molecular formula is C59H117NO10. The highest BCUT2D eigenvalue weighted by atomic mass is 16.7. The van der Waals surface area contributed by atoms with Crippen LogP contribution in [-0.2, 0) is 14.3 Å². The molecule has 0 aliphatic carbocycles. The summed E-state index contributed by atoms with van der Waals surface area (Å²) in [6.45, 7) is 3.49. The molecule has 11 heteroatoms. The lowest BCUT2D eigenvalue weighted by atomic mass is 9.98. The normalized spacial score (nSPS) is 20.2. The summed E-state index contributed by atoms with van der Waals surface area (Å²) in [4.78, 5) is 13.2. The summed E-state index contributed by atoms with van der Waals surface area (Å²) in [5, 5.41) is 76.1. The van der Waals surface area contributed by atoms with Gasteiger partial charge < -0.3 is 50.5 Å². The van der Waals surface area contributed by atoms with Crippen LogP contribution in [0.1, 0.15) is 303 Å². The van der Waals surface area contributed by atoms with Gasteiger partial charge in [0.15, 0.2) is 6.29 Å². The van der Waals surface area contributed by atoms with Gasteiger partial charge in [-0.3, -0.25) is 4.79 Å². The average molecular weight is 1000 g/mol. The van der Waals surface area contributed by atoms with Gasteiger partial charge in [0.1, 0.15) is 36.6 Å². The first-order valence-corrected chi connectivity index (χ1v) is 30.4. The maximum absolute atomic E-state index is 13.2. The van der Waals surface area contributed by atoms with E-state index in [2.05, 4.69) is 19.2 Å². The first-order chi connectivity index (χ1) is 34.2. The van der Waals surface area contributed by atoms with Gasteiger partial charge in [-0.25, -0.2) is 0 Å². The van der Waals surface area contributed by atoms with Crippen molar-refractivity contribution in [2.45, 2.75) is 358 Å². The first kappa shape index (κ1) is 67.1. The molecule has 1 fully saturated rings. The van der Waals surface area contributed by atoms with Crippen molar-refractivity contribution < 1.29 is 50.0 Å². The van der Waals surface area contributed by atoms with E-state index < -0.39 is 74.2 Å². The molecule has 0 radical (unpaired) electrons. The molecule has 1 aliphatic rings. The van der Waals surface area contributed by atoms with E-state index in [1.807, 2.05) is 0 Å². The van der Waals surface area contributed by atoms with Gasteiger partial charge in [0.2, 0.25) is 5.91 Å². The summed E-state index contributed by atoms with van der Waals surface area (Å²) in [6.07, 6.45) is 44.6. The zero-order valence-corrected chi connectivity index (χ0v) is 45.8. The number of aliphatic hydroxyl groups excluding tert-OH is 7. The maximum atomic E-state index is 13.2. The highest BCUT2D eigenvalue weighted by Gasteiger charge is 2.44. The molecule has 8 N–H and O–H groups in total. The van der Waals surface area contributed by atoms with E-state index in [1.54, 1.807) is 0 Å². The lowest BCUT2D eigenvalue weighted by Crippen LogP contribution is -2.60. The Kier molecular flexibility index (Phi) is 47.0. The number of aliphatic hydroxyl groups is 7. The van der Waals surface area contributed by atoms with Gasteiger partial charge in [-0.1, -0.05) is 290 Å². The summed E-state index contributed by atoms with van der Waals surface area (Å²) in [5.41, 5.74) is 0. The van der Waals surface area contributed by atoms with Crippen LogP contribution in [0.15, 0.2) is 0 Å². The second-order valence-corrected chi connectivity index (χ2v) is 21.8. The quantitative estimate of drug-likeness (QED) is 0.0272. The SMILES string of the molecule is CCCCCCCCCCCCCCCCCCCCCCCCCCCCCCCC(O)C(=O)NC(COC1OC(CO)C(O)C(O)C1O)C(O)C(O)CCCCCCCCCCCCCCCC. The van der Waals surface area contributed by atoms with Gasteiger partial charge in [0, 0.05) is 0 Å². The van der Waals surface area contributed by atoms with Crippen molar-refractivity contribution in [2.75, 3.05) is 13.2 Å². The molecule has 1 aliphatic heterocycles. The zero-order valence-electron chi connectivity index (χ0n) is 45.8. The number of ether oxygens (including phenoxy) is 2. The molecular weight excluding hydrogens is 883 g/mol. The lowest BCUT2D eigenvalue weighted by Gasteiger charge is -2.40. The smallest absolute Gasteiger partial charge is 0.249 e. The molecule has 0 saturated carbocycles. The molecule has 1 heterocycles. The molecule has 0 bridgehead atoms. The van der Waals surface area contributed by atoms with Crippen LogP contribution >= 0.6 is 0 Å². The largest absolute Gasteiger partial charge is 0.394 e. The minimum atomic E-state index is -1.66. The van der Waals surface area contributed by atoms with Crippen LogP contribution in [-0.4, -0.2) is 110 Å². The van der Waals surface area contributed by atoms with Crippen LogP contribution < -0.4 is 5.32 Å². The Bertz CT molecular complexity index is 1100. The van der Waals surface area contributed by atoms with Crippen molar-refractivity contribution in [3.05, 3.63) is 0 Å². The predicted molar refractivity (Wildman–Crippen MR) is 289 cm³/mol. The Hall–Kier alpha value is -0.890. The van der Waals surface area contributed by atoms with Gasteiger partial charge in [0.05, 0.1) is 25.4 Å². The number of amides is 1. The van der Waals surface area contributed by atoms with Crippen molar-refractivity contribution in [3.8, 4) is 0 Å². The fourth-order valence-electron chi connectivity index (χ4n) is 10.2. The third kappa shape index (κ3) is 36.9. The number of hydrogen-bond donors (Lipinski definition) is 8. The van der Waals surface area contributed by atoms with Crippen molar-refractivity contribution in [2.24, 2.45) is 0 Å². The molecule has 1 saturated heterocycles. The van der Waals surface area contributed by atoms with Crippen LogP contribution in [0.4, 0.5) is 0 Å². The second-order valence-electron chi connectivity index (χ2n) is 21.8. The summed E-state index contributed by atoms with van der Waals surface area (Å²) in [5.74, 6) is -0.689. The third-order valence-corrected chi connectivity index (χ3v) is 15.2. The molecule has 70 heavy (non-hydrogen) atoms. The summed E-state index contributed by atoms with van der Waals surface area (Å²) < 4.78 is 11.1. The third-order valence-electron chi connectivity index (χ3n) is 15.2. The highest BCUT2D eigenvalue weighted by Crippen LogP contribution is 2.24. The topological polar surface area (TPSA) is 189 Å². The molecule has 1 rings (SSSR count). The van der Waals surface area contributed by atoms with E-state index in [1.165, 1.54) is 225 Å². The lowest BCUT2D eigenvalue weighted by molar-refractivity contribution is -0.303. The number of nitrogens with one attached hydrogen (secondary N) is 1. The predicted octanol–water partition coefficient (Wildman–Crippen LogP) is 13.0. The molecule has 0 spiro atoms. The number of carbonyl (C=O) groups is 1. The number of rotatable bonds is 53. The molecule has 9 atom stereocenters. The first-order valence-electron chi connectivity index (χ1n) is 30.4. The van der Waals surface area contributed by atoms with Crippen LogP contribution in [0.3, 0.4) is 0 Å². The Morgan fingerprint density at radius 1 is 0.443 bits per heavy atom. The minimum Gasteiger partial charge on any atom is -0.394 e. The van der Waals surface area contributed by atoms with Crippen molar-refractivity contribution >= 4 is 5.91 Å². The van der Waals surface area contributed by atoms with Crippen LogP contribution in [0.5, 0.6) is 0 Å². The summed E-state index contributed by atoms with van der Waals surface area (Å²) in [7, 11) is 0. The second kappa shape index (κ2) is 49.0. The van der Waals surface area contributed by atoms with Gasteiger partial charge in [-0.2, -0.15) is 0 Å². The summed E-state index contributed by atoms with van der Waals surface area (Å²) in [6, 6.07) is -1.16. The van der Waals surface area contributed by atoms with Gasteiger partial charge >= 0.3 is 0 Å². The summed E-state index contributed by atoms with van der Waals surface area (Å²) >= 11 is 0. The fourth-order valence-corrected chi connectivity index (χ4v) is 10.2. The van der Waals surface area contributed by atoms with Crippen molar-refractivity contribution in [1.29, 1.82) is 0 Å².